The Bertz CT molecular complexity index is 2010. The number of sulfone groups is 1. The molecule has 3 aromatic heterocycles. The number of piperidine rings is 1. The van der Waals surface area contributed by atoms with Gasteiger partial charge in [0, 0.05) is 18.4 Å². The number of anilines is 2. The number of nitrogens with two attached hydrogens (primary N) is 1. The van der Waals surface area contributed by atoms with Crippen LogP contribution in [0.3, 0.4) is 0 Å². The largest absolute Gasteiger partial charge is 0.489 e. The van der Waals surface area contributed by atoms with Gasteiger partial charge in [-0.05, 0) is 95.8 Å². The summed E-state index contributed by atoms with van der Waals surface area (Å²) in [7, 11) is -3.58. The summed E-state index contributed by atoms with van der Waals surface area (Å²) < 4.78 is 32.7. The fraction of sp³-hybridized carbons (Fsp3) is 0.438. The molecule has 1 aliphatic rings. The molecule has 45 heavy (non-hydrogen) atoms. The third kappa shape index (κ3) is 5.94. The molecule has 2 aromatic carbocycles. The van der Waals surface area contributed by atoms with E-state index in [0.717, 1.165) is 37.2 Å². The lowest BCUT2D eigenvalue weighted by molar-refractivity contribution is -0.118. The summed E-state index contributed by atoms with van der Waals surface area (Å²) in [5.41, 5.74) is 10.5. The minimum atomic E-state index is -3.58. The number of aryl methyl sites for hydroxylation is 1. The summed E-state index contributed by atoms with van der Waals surface area (Å²) in [5.74, 6) is 1.23. The molecule has 0 bridgehead atoms. The molecule has 0 spiro atoms. The van der Waals surface area contributed by atoms with Gasteiger partial charge < -0.3 is 30.7 Å². The molecule has 13 heteroatoms. The van der Waals surface area contributed by atoms with Crippen LogP contribution < -0.4 is 15.8 Å². The first kappa shape index (κ1) is 30.8. The predicted molar refractivity (Wildman–Crippen MR) is 176 cm³/mol. The molecule has 1 fully saturated rings. The number of pyridine rings is 1. The number of amides is 1. The number of hydrogen-bond acceptors (Lipinski definition) is 9. The molecule has 1 saturated heterocycles. The van der Waals surface area contributed by atoms with Crippen molar-refractivity contribution in [3.8, 4) is 5.75 Å². The minimum Gasteiger partial charge on any atom is -0.489 e. The maximum Gasteiger partial charge on any atom is 0.218 e. The van der Waals surface area contributed by atoms with E-state index in [-0.39, 0.29) is 16.9 Å². The number of H-pyrrole nitrogens is 2. The third-order valence-corrected chi connectivity index (χ3v) is 10.8. The monoisotopic (exact) mass is 632 g/mol. The molecule has 1 aliphatic heterocycles. The third-order valence-electron chi connectivity index (χ3n) is 8.56. The lowest BCUT2D eigenvalue weighted by Gasteiger charge is -2.33. The second-order valence-electron chi connectivity index (χ2n) is 12.4. The Morgan fingerprint density at radius 1 is 1.11 bits per heavy atom. The zero-order valence-electron chi connectivity index (χ0n) is 26.3. The highest BCUT2D eigenvalue weighted by Gasteiger charge is 2.26. The van der Waals surface area contributed by atoms with E-state index in [2.05, 4.69) is 49.4 Å². The van der Waals surface area contributed by atoms with Gasteiger partial charge in [-0.15, -0.1) is 10.2 Å². The van der Waals surface area contributed by atoms with Gasteiger partial charge in [0.2, 0.25) is 11.9 Å². The van der Waals surface area contributed by atoms with Crippen LogP contribution in [-0.4, -0.2) is 75.4 Å². The van der Waals surface area contributed by atoms with E-state index in [4.69, 9.17) is 15.5 Å². The zero-order chi connectivity index (χ0) is 32.0. The van der Waals surface area contributed by atoms with E-state index in [9.17, 15) is 13.2 Å². The first-order chi connectivity index (χ1) is 21.4. The maximum absolute atomic E-state index is 13.2. The van der Waals surface area contributed by atoms with Gasteiger partial charge in [0.1, 0.15) is 16.9 Å². The van der Waals surface area contributed by atoms with E-state index in [1.54, 1.807) is 26.0 Å². The van der Waals surface area contributed by atoms with Gasteiger partial charge in [-0.3, -0.25) is 4.79 Å². The van der Waals surface area contributed by atoms with E-state index < -0.39 is 15.1 Å². The van der Waals surface area contributed by atoms with Crippen LogP contribution in [0.2, 0.25) is 0 Å². The van der Waals surface area contributed by atoms with Crippen molar-refractivity contribution in [3.05, 3.63) is 41.5 Å². The minimum absolute atomic E-state index is 0.0553. The van der Waals surface area contributed by atoms with Crippen LogP contribution in [-0.2, 0) is 14.6 Å². The van der Waals surface area contributed by atoms with E-state index in [1.165, 1.54) is 5.56 Å². The topological polar surface area (TPSA) is 172 Å². The molecular formula is C32H40N8O4S. The van der Waals surface area contributed by atoms with Gasteiger partial charge in [0.05, 0.1) is 32.8 Å². The average molecular weight is 633 g/mol. The van der Waals surface area contributed by atoms with Crippen LogP contribution in [0.25, 0.3) is 33.1 Å². The van der Waals surface area contributed by atoms with Crippen molar-refractivity contribution in [2.45, 2.75) is 76.0 Å². The van der Waals surface area contributed by atoms with Crippen LogP contribution in [0, 0.1) is 6.92 Å². The number of carbonyl (C=O) groups is 1. The molecule has 6 rings (SSSR count). The van der Waals surface area contributed by atoms with Crippen LogP contribution in [0.15, 0.2) is 35.2 Å². The number of nitrogens with one attached hydrogen (secondary N) is 3. The van der Waals surface area contributed by atoms with Crippen molar-refractivity contribution in [1.29, 1.82) is 0 Å². The molecule has 4 heterocycles. The Morgan fingerprint density at radius 2 is 1.87 bits per heavy atom. The number of benzene rings is 2. The fourth-order valence-electron chi connectivity index (χ4n) is 6.19. The highest BCUT2D eigenvalue weighted by molar-refractivity contribution is 7.92. The van der Waals surface area contributed by atoms with Crippen LogP contribution in [0.4, 0.5) is 11.6 Å². The summed E-state index contributed by atoms with van der Waals surface area (Å²) in [6.45, 7) is 12.0. The van der Waals surface area contributed by atoms with Crippen molar-refractivity contribution < 1.29 is 17.9 Å². The highest BCUT2D eigenvalue weighted by atomic mass is 32.2. The molecule has 0 aliphatic carbocycles. The maximum atomic E-state index is 13.2. The number of para-hydroxylation sites is 1. The Labute approximate surface area is 262 Å². The number of ether oxygens (including phenoxy) is 1. The number of hydrogen-bond donors (Lipinski definition) is 4. The molecule has 5 N–H and O–H groups in total. The SMILES string of the molecule is Cc1cc(Nc2nc3[nH]c4c(S(=O)(=O)C(C)C)cccc4c4nnc([nH]2)c34)c(OC(C)C)cc1C1CCN(CCC(N)=O)CC1. The second kappa shape index (κ2) is 11.9. The van der Waals surface area contributed by atoms with Gasteiger partial charge in [-0.1, -0.05) is 12.1 Å². The summed E-state index contributed by atoms with van der Waals surface area (Å²) in [6.07, 6.45) is 2.30. The van der Waals surface area contributed by atoms with E-state index in [0.29, 0.717) is 63.7 Å². The van der Waals surface area contributed by atoms with Crippen molar-refractivity contribution in [1.82, 2.24) is 30.0 Å². The van der Waals surface area contributed by atoms with Gasteiger partial charge in [-0.25, -0.2) is 8.42 Å². The lowest BCUT2D eigenvalue weighted by atomic mass is 9.86. The molecule has 1 amide bonds. The van der Waals surface area contributed by atoms with Gasteiger partial charge in [0.25, 0.3) is 0 Å². The number of fused-ring (bicyclic) bond motifs is 2. The number of nitrogens with zero attached hydrogens (tertiary/aromatic N) is 4. The molecule has 0 unspecified atom stereocenters. The molecule has 5 aromatic rings. The van der Waals surface area contributed by atoms with Crippen molar-refractivity contribution in [3.63, 3.8) is 0 Å². The lowest BCUT2D eigenvalue weighted by Crippen LogP contribution is -2.35. The van der Waals surface area contributed by atoms with Crippen molar-refractivity contribution in [2.24, 2.45) is 5.73 Å². The molecule has 0 saturated carbocycles. The summed E-state index contributed by atoms with van der Waals surface area (Å²) >= 11 is 0. The normalized spacial score (nSPS) is 15.2. The van der Waals surface area contributed by atoms with Crippen LogP contribution in [0.5, 0.6) is 5.75 Å². The van der Waals surface area contributed by atoms with Gasteiger partial charge >= 0.3 is 0 Å². The summed E-state index contributed by atoms with van der Waals surface area (Å²) in [6, 6.07) is 9.38. The Morgan fingerprint density at radius 3 is 2.56 bits per heavy atom. The summed E-state index contributed by atoms with van der Waals surface area (Å²) in [5, 5.41) is 13.0. The summed E-state index contributed by atoms with van der Waals surface area (Å²) in [4.78, 5) is 25.1. The average Bonchev–Trinajstić information content (AvgIpc) is 3.42. The van der Waals surface area contributed by atoms with E-state index in [1.807, 2.05) is 19.9 Å². The number of primary amides is 1. The molecule has 12 nitrogen and oxygen atoms in total. The van der Waals surface area contributed by atoms with E-state index >= 15 is 0 Å². The first-order valence-corrected chi connectivity index (χ1v) is 17.0. The number of aromatic amines is 2. The Balaban J connectivity index is 1.36. The smallest absolute Gasteiger partial charge is 0.218 e. The second-order valence-corrected chi connectivity index (χ2v) is 14.9. The molecule has 0 atom stereocenters. The van der Waals surface area contributed by atoms with Gasteiger partial charge in [0.15, 0.2) is 15.5 Å². The first-order valence-electron chi connectivity index (χ1n) is 15.4. The number of carbonyl (C=O) groups excluding carboxylic acids is 1. The number of rotatable bonds is 10. The van der Waals surface area contributed by atoms with Crippen molar-refractivity contribution >= 4 is 60.5 Å². The highest BCUT2D eigenvalue weighted by Crippen LogP contribution is 2.39. The van der Waals surface area contributed by atoms with Crippen LogP contribution in [0.1, 0.15) is 64.0 Å². The predicted octanol–water partition coefficient (Wildman–Crippen LogP) is 5.06. The van der Waals surface area contributed by atoms with Gasteiger partial charge in [-0.2, -0.15) is 4.98 Å². The fourth-order valence-corrected chi connectivity index (χ4v) is 7.41. The zero-order valence-corrected chi connectivity index (χ0v) is 27.1. The number of aromatic nitrogens is 5. The Hall–Kier alpha value is -4.23. The van der Waals surface area contributed by atoms with Crippen LogP contribution >= 0.6 is 0 Å². The quantitative estimate of drug-likeness (QED) is 0.154. The molecular weight excluding hydrogens is 592 g/mol. The van der Waals surface area contributed by atoms with Crippen molar-refractivity contribution in [2.75, 3.05) is 25.0 Å². The number of likely N-dealkylation sites (tertiary alicyclic amines) is 1. The standard InChI is InChI=1S/C32H40N8O4S/c1-17(2)44-24-16-22(20-9-12-40(13-10-20)14-11-26(33)41)19(5)15-23(24)34-32-36-30-27-29(38-39-31(27)37-32)21-7-6-8-25(28(21)35-30)45(42,43)18(3)4/h6-8,15-18,20H,9-14H2,1-5H3,(H2,33,41)(H3,34,35,36,37,38,39). The Kier molecular flexibility index (Phi) is 8.16. The molecule has 238 valence electrons. The molecule has 0 radical (unpaired) electrons.